The molecule has 0 bridgehead atoms. The molecule has 0 aliphatic heterocycles. The van der Waals surface area contributed by atoms with E-state index >= 15 is 0 Å². The van der Waals surface area contributed by atoms with Crippen molar-refractivity contribution in [3.05, 3.63) is 6.42 Å². The minimum atomic E-state index is -4.08. The molecule has 0 saturated carbocycles. The van der Waals surface area contributed by atoms with Gasteiger partial charge in [0.15, 0.2) is 0 Å². The lowest BCUT2D eigenvalue weighted by molar-refractivity contribution is -0.0984. The maximum Gasteiger partial charge on any atom is 0.392 e. The van der Waals surface area contributed by atoms with Gasteiger partial charge in [-0.15, -0.1) is 0 Å². The van der Waals surface area contributed by atoms with Crippen LogP contribution in [-0.2, 0) is 0 Å². The Morgan fingerprint density at radius 2 is 1.80 bits per heavy atom. The molecule has 61 valence electrons. The van der Waals surface area contributed by atoms with Crippen molar-refractivity contribution in [3.63, 3.8) is 0 Å². The van der Waals surface area contributed by atoms with Crippen molar-refractivity contribution in [1.82, 2.24) is 0 Å². The largest absolute Gasteiger partial charge is 0.392 e. The van der Waals surface area contributed by atoms with E-state index in [2.05, 4.69) is 0 Å². The predicted octanol–water partition coefficient (Wildman–Crippen LogP) is 3.33. The van der Waals surface area contributed by atoms with E-state index in [0.29, 0.717) is 12.8 Å². The van der Waals surface area contributed by atoms with Crippen molar-refractivity contribution >= 4 is 0 Å². The first-order valence-electron chi connectivity index (χ1n) is 3.47. The zero-order valence-corrected chi connectivity index (χ0v) is 6.04. The number of hydrogen-bond donors (Lipinski definition) is 0. The number of alkyl halides is 3. The third-order valence-corrected chi connectivity index (χ3v) is 1.18. The molecule has 3 heteroatoms. The fourth-order valence-corrected chi connectivity index (χ4v) is 0.660. The third kappa shape index (κ3) is 7.79. The highest BCUT2D eigenvalue weighted by Crippen LogP contribution is 2.21. The highest BCUT2D eigenvalue weighted by atomic mass is 19.4. The summed E-state index contributed by atoms with van der Waals surface area (Å²) in [5.41, 5.74) is 0. The number of unbranched alkanes of at least 4 members (excludes halogenated alkanes) is 3. The standard InChI is InChI=1S/C7H12F3/c1-2-3-4-5-6-7(8,9)10/h6H,2-5H2,1H3. The van der Waals surface area contributed by atoms with Crippen LogP contribution < -0.4 is 0 Å². The Hall–Kier alpha value is -0.210. The summed E-state index contributed by atoms with van der Waals surface area (Å²) in [4.78, 5) is 0. The molecular weight excluding hydrogens is 141 g/mol. The van der Waals surface area contributed by atoms with E-state index in [-0.39, 0.29) is 6.42 Å². The van der Waals surface area contributed by atoms with Gasteiger partial charge in [-0.3, -0.25) is 0 Å². The molecule has 10 heavy (non-hydrogen) atoms. The molecule has 0 saturated heterocycles. The first-order chi connectivity index (χ1) is 4.56. The monoisotopic (exact) mass is 153 g/mol. The van der Waals surface area contributed by atoms with Gasteiger partial charge < -0.3 is 0 Å². The minimum absolute atomic E-state index is 0.164. The molecule has 0 spiro atoms. The van der Waals surface area contributed by atoms with Crippen LogP contribution in [0.1, 0.15) is 32.6 Å². The van der Waals surface area contributed by atoms with Crippen LogP contribution in [-0.4, -0.2) is 6.18 Å². The highest BCUT2D eigenvalue weighted by Gasteiger charge is 2.26. The summed E-state index contributed by atoms with van der Waals surface area (Å²) in [6, 6.07) is 0. The molecule has 0 amide bonds. The summed E-state index contributed by atoms with van der Waals surface area (Å²) >= 11 is 0. The molecule has 0 nitrogen and oxygen atoms in total. The summed E-state index contributed by atoms with van der Waals surface area (Å²) in [5, 5.41) is 0. The summed E-state index contributed by atoms with van der Waals surface area (Å²) in [6.45, 7) is 1.97. The van der Waals surface area contributed by atoms with Crippen LogP contribution in [0.2, 0.25) is 0 Å². The van der Waals surface area contributed by atoms with Crippen molar-refractivity contribution < 1.29 is 13.2 Å². The van der Waals surface area contributed by atoms with Gasteiger partial charge in [0, 0.05) is 0 Å². The fourth-order valence-electron chi connectivity index (χ4n) is 0.660. The van der Waals surface area contributed by atoms with Gasteiger partial charge in [-0.05, 0) is 6.42 Å². The normalized spacial score (nSPS) is 12.0. The zero-order chi connectivity index (χ0) is 8.04. The van der Waals surface area contributed by atoms with Crippen LogP contribution in [0, 0.1) is 6.42 Å². The van der Waals surface area contributed by atoms with Gasteiger partial charge in [-0.25, -0.2) is 0 Å². The quantitative estimate of drug-likeness (QED) is 0.543. The molecule has 0 aliphatic carbocycles. The van der Waals surface area contributed by atoms with Gasteiger partial charge in [-0.2, -0.15) is 13.2 Å². The number of rotatable bonds is 4. The lowest BCUT2D eigenvalue weighted by atomic mass is 10.1. The maximum atomic E-state index is 11.4. The summed E-state index contributed by atoms with van der Waals surface area (Å²) in [6.07, 6.45) is -0.998. The molecule has 0 fully saturated rings. The van der Waals surface area contributed by atoms with Crippen molar-refractivity contribution in [1.29, 1.82) is 0 Å². The van der Waals surface area contributed by atoms with Gasteiger partial charge in [0.25, 0.3) is 0 Å². The maximum absolute atomic E-state index is 11.4. The molecule has 0 unspecified atom stereocenters. The molecule has 0 N–H and O–H groups in total. The molecule has 0 heterocycles. The summed E-state index contributed by atoms with van der Waals surface area (Å²) in [5.74, 6) is 0. The third-order valence-electron chi connectivity index (χ3n) is 1.18. The number of hydrogen-bond acceptors (Lipinski definition) is 0. The van der Waals surface area contributed by atoms with Gasteiger partial charge >= 0.3 is 6.18 Å². The van der Waals surface area contributed by atoms with E-state index in [4.69, 9.17) is 0 Å². The predicted molar refractivity (Wildman–Crippen MR) is 34.5 cm³/mol. The van der Waals surface area contributed by atoms with Crippen molar-refractivity contribution in [2.45, 2.75) is 38.8 Å². The molecule has 0 aromatic rings. The van der Waals surface area contributed by atoms with Gasteiger partial charge in [0.1, 0.15) is 0 Å². The average molecular weight is 153 g/mol. The first kappa shape index (κ1) is 9.79. The van der Waals surface area contributed by atoms with E-state index in [1.165, 1.54) is 0 Å². The highest BCUT2D eigenvalue weighted by molar-refractivity contribution is 4.73. The second kappa shape index (κ2) is 4.58. The first-order valence-corrected chi connectivity index (χ1v) is 3.47. The van der Waals surface area contributed by atoms with E-state index in [1.54, 1.807) is 0 Å². The fraction of sp³-hybridized carbons (Fsp3) is 0.857. The lowest BCUT2D eigenvalue weighted by Crippen LogP contribution is -2.07. The Balaban J connectivity index is 3.04. The van der Waals surface area contributed by atoms with E-state index in [0.717, 1.165) is 12.8 Å². The molecule has 0 atom stereocenters. The Kier molecular flexibility index (Phi) is 4.49. The summed E-state index contributed by atoms with van der Waals surface area (Å²) in [7, 11) is 0. The SMILES string of the molecule is CCCCC[CH]C(F)(F)F. The number of halogens is 3. The molecule has 0 rings (SSSR count). The molecule has 1 radical (unpaired) electrons. The Morgan fingerprint density at radius 1 is 1.20 bits per heavy atom. The van der Waals surface area contributed by atoms with Crippen LogP contribution in [0.4, 0.5) is 13.2 Å². The minimum Gasteiger partial charge on any atom is -0.171 e. The second-order valence-electron chi connectivity index (χ2n) is 2.24. The van der Waals surface area contributed by atoms with Crippen LogP contribution in [0.5, 0.6) is 0 Å². The van der Waals surface area contributed by atoms with Crippen molar-refractivity contribution in [2.24, 2.45) is 0 Å². The smallest absolute Gasteiger partial charge is 0.171 e. The van der Waals surface area contributed by atoms with Gasteiger partial charge in [-0.1, -0.05) is 26.2 Å². The summed E-state index contributed by atoms with van der Waals surface area (Å²) < 4.78 is 34.3. The van der Waals surface area contributed by atoms with Crippen LogP contribution in [0.3, 0.4) is 0 Å². The second-order valence-corrected chi connectivity index (χ2v) is 2.24. The van der Waals surface area contributed by atoms with Gasteiger partial charge in [0.05, 0.1) is 6.42 Å². The van der Waals surface area contributed by atoms with Crippen LogP contribution in [0.15, 0.2) is 0 Å². The average Bonchev–Trinajstić information content (AvgIpc) is 1.78. The topological polar surface area (TPSA) is 0 Å². The van der Waals surface area contributed by atoms with Crippen molar-refractivity contribution in [3.8, 4) is 0 Å². The molecule has 0 aliphatic rings. The Morgan fingerprint density at radius 3 is 2.20 bits per heavy atom. The van der Waals surface area contributed by atoms with E-state index in [1.807, 2.05) is 6.92 Å². The Bertz CT molecular complexity index is 75.4. The lowest BCUT2D eigenvalue weighted by Gasteiger charge is -2.03. The van der Waals surface area contributed by atoms with E-state index in [9.17, 15) is 13.2 Å². The molecule has 0 aromatic heterocycles. The van der Waals surface area contributed by atoms with Gasteiger partial charge in [0.2, 0.25) is 0 Å². The van der Waals surface area contributed by atoms with Crippen molar-refractivity contribution in [2.75, 3.05) is 0 Å². The zero-order valence-electron chi connectivity index (χ0n) is 6.04. The molecular formula is C7H12F3. The van der Waals surface area contributed by atoms with Crippen LogP contribution in [0.25, 0.3) is 0 Å². The molecule has 0 aromatic carbocycles. The Labute approximate surface area is 59.4 Å². The van der Waals surface area contributed by atoms with E-state index < -0.39 is 6.18 Å². The van der Waals surface area contributed by atoms with Crippen LogP contribution >= 0.6 is 0 Å².